The number of hydrogen-bond donors (Lipinski definition) is 3. The van der Waals surface area contributed by atoms with Gasteiger partial charge in [-0.1, -0.05) is 19.8 Å². The second-order valence-corrected chi connectivity index (χ2v) is 7.38. The molecule has 0 aliphatic heterocycles. The molecule has 1 aromatic rings. The molecule has 9 heteroatoms. The third kappa shape index (κ3) is 8.53. The zero-order valence-corrected chi connectivity index (χ0v) is 17.4. The molecule has 1 aliphatic carbocycles. The van der Waals surface area contributed by atoms with Crippen LogP contribution in [0.3, 0.4) is 0 Å². The smallest absolute Gasteiger partial charge is 0.323 e. The van der Waals surface area contributed by atoms with Crippen molar-refractivity contribution in [2.24, 2.45) is 11.7 Å². The van der Waals surface area contributed by atoms with Crippen molar-refractivity contribution in [1.29, 1.82) is 0 Å². The molecule has 0 bridgehead atoms. The van der Waals surface area contributed by atoms with Gasteiger partial charge in [0.05, 0.1) is 32.5 Å². The van der Waals surface area contributed by atoms with Crippen molar-refractivity contribution in [3.63, 3.8) is 0 Å². The minimum Gasteiger partial charge on any atom is -0.461 e. The summed E-state index contributed by atoms with van der Waals surface area (Å²) in [4.78, 5) is 13.3. The Morgan fingerprint density at radius 3 is 2.43 bits per heavy atom. The summed E-state index contributed by atoms with van der Waals surface area (Å²) >= 11 is 0. The van der Waals surface area contributed by atoms with Crippen LogP contribution in [0.2, 0.25) is 0 Å². The van der Waals surface area contributed by atoms with E-state index < -0.39 is 0 Å². The Bertz CT molecular complexity index is 560. The van der Waals surface area contributed by atoms with Crippen LogP contribution in [-0.4, -0.2) is 66.6 Å². The van der Waals surface area contributed by atoms with Gasteiger partial charge in [-0.3, -0.25) is 0 Å². The Kier molecular flexibility index (Phi) is 10.2. The highest BCUT2D eigenvalue weighted by Crippen LogP contribution is 2.26. The second-order valence-electron chi connectivity index (χ2n) is 7.38. The summed E-state index contributed by atoms with van der Waals surface area (Å²) in [6.07, 6.45) is 4.89. The van der Waals surface area contributed by atoms with Gasteiger partial charge in [0.15, 0.2) is 0 Å². The lowest BCUT2D eigenvalue weighted by atomic mass is 9.86. The van der Waals surface area contributed by atoms with Gasteiger partial charge in [0, 0.05) is 19.1 Å². The molecule has 2 rings (SSSR count). The van der Waals surface area contributed by atoms with E-state index in [0.717, 1.165) is 6.42 Å². The number of nitrogens with one attached hydrogen (secondary N) is 2. The molecule has 1 aliphatic rings. The Balaban J connectivity index is 1.87. The van der Waals surface area contributed by atoms with Crippen LogP contribution in [0.4, 0.5) is 11.9 Å². The van der Waals surface area contributed by atoms with Gasteiger partial charge in [0.1, 0.15) is 0 Å². The Morgan fingerprint density at radius 2 is 1.71 bits per heavy atom. The van der Waals surface area contributed by atoms with Gasteiger partial charge in [0.25, 0.3) is 0 Å². The van der Waals surface area contributed by atoms with E-state index in [1.165, 1.54) is 19.3 Å². The molecule has 160 valence electrons. The Labute approximate surface area is 168 Å². The van der Waals surface area contributed by atoms with E-state index in [2.05, 4.69) is 32.5 Å². The normalized spacial score (nSPS) is 19.6. The minimum atomic E-state index is -0.00596. The lowest BCUT2D eigenvalue weighted by molar-refractivity contribution is 0.0547. The van der Waals surface area contributed by atoms with Gasteiger partial charge < -0.3 is 30.6 Å². The molecular formula is C19H36N6O3. The van der Waals surface area contributed by atoms with Gasteiger partial charge in [-0.25, -0.2) is 0 Å². The quantitative estimate of drug-likeness (QED) is 0.431. The second kappa shape index (κ2) is 12.7. The van der Waals surface area contributed by atoms with Gasteiger partial charge in [-0.2, -0.15) is 15.0 Å². The first kappa shape index (κ1) is 22.6. The van der Waals surface area contributed by atoms with Crippen molar-refractivity contribution in [3.8, 4) is 6.01 Å². The fraction of sp³-hybridized carbons (Fsp3) is 0.842. The zero-order chi connectivity index (χ0) is 20.2. The molecule has 1 heterocycles. The Morgan fingerprint density at radius 1 is 1.00 bits per heavy atom. The van der Waals surface area contributed by atoms with Crippen molar-refractivity contribution in [3.05, 3.63) is 0 Å². The van der Waals surface area contributed by atoms with E-state index >= 15 is 0 Å². The summed E-state index contributed by atoms with van der Waals surface area (Å²) in [7, 11) is 0. The summed E-state index contributed by atoms with van der Waals surface area (Å²) in [6, 6.07) is 0.710. The lowest BCUT2D eigenvalue weighted by Crippen LogP contribution is -2.31. The highest BCUT2D eigenvalue weighted by molar-refractivity contribution is 5.36. The van der Waals surface area contributed by atoms with Crippen LogP contribution in [0.15, 0.2) is 0 Å². The summed E-state index contributed by atoms with van der Waals surface area (Å²) in [5.41, 5.74) is 5.37. The summed E-state index contributed by atoms with van der Waals surface area (Å²) in [6.45, 7) is 9.45. The fourth-order valence-corrected chi connectivity index (χ4v) is 3.10. The number of hydrogen-bond acceptors (Lipinski definition) is 9. The average Bonchev–Trinajstić information content (AvgIpc) is 2.65. The van der Waals surface area contributed by atoms with E-state index in [-0.39, 0.29) is 6.10 Å². The van der Waals surface area contributed by atoms with E-state index in [1.54, 1.807) is 0 Å². The van der Waals surface area contributed by atoms with Gasteiger partial charge in [-0.15, -0.1) is 0 Å². The molecule has 0 saturated heterocycles. The number of rotatable bonds is 13. The summed E-state index contributed by atoms with van der Waals surface area (Å²) in [5, 5.41) is 6.66. The molecular weight excluding hydrogens is 360 g/mol. The topological polar surface area (TPSA) is 116 Å². The molecule has 28 heavy (non-hydrogen) atoms. The highest BCUT2D eigenvalue weighted by Gasteiger charge is 2.22. The monoisotopic (exact) mass is 396 g/mol. The van der Waals surface area contributed by atoms with Crippen molar-refractivity contribution in [2.75, 3.05) is 50.2 Å². The third-order valence-corrected chi connectivity index (χ3v) is 4.55. The van der Waals surface area contributed by atoms with E-state index in [1.807, 2.05) is 13.8 Å². The molecule has 2 unspecified atom stereocenters. The van der Waals surface area contributed by atoms with Crippen LogP contribution < -0.4 is 21.1 Å². The lowest BCUT2D eigenvalue weighted by Gasteiger charge is -2.29. The maximum Gasteiger partial charge on any atom is 0.323 e. The third-order valence-electron chi connectivity index (χ3n) is 4.55. The van der Waals surface area contributed by atoms with Crippen LogP contribution in [0.25, 0.3) is 0 Å². The molecule has 1 aromatic heterocycles. The molecule has 9 nitrogen and oxygen atoms in total. The van der Waals surface area contributed by atoms with Gasteiger partial charge in [-0.05, 0) is 32.6 Å². The standard InChI is InChI=1S/C19H36N6O3/c1-14(2)28-19-24-17(21-9-11-27-13-12-26-10-8-20)23-18(25-19)22-16-7-5-4-6-15(16)3/h14-16H,4-13,20H2,1-3H3,(H2,21,22,23,24,25). The fourth-order valence-electron chi connectivity index (χ4n) is 3.10. The SMILES string of the molecule is CC(C)Oc1nc(NCCOCCOCCN)nc(NC2CCCCC2C)n1. The van der Waals surface area contributed by atoms with Crippen molar-refractivity contribution < 1.29 is 14.2 Å². The predicted octanol–water partition coefficient (Wildman–Crippen LogP) is 2.05. The molecule has 1 fully saturated rings. The number of aromatic nitrogens is 3. The molecule has 0 spiro atoms. The minimum absolute atomic E-state index is 0.00596. The first-order valence-corrected chi connectivity index (χ1v) is 10.4. The zero-order valence-electron chi connectivity index (χ0n) is 17.4. The van der Waals surface area contributed by atoms with Crippen LogP contribution in [0.1, 0.15) is 46.5 Å². The number of anilines is 2. The number of nitrogens with zero attached hydrogens (tertiary/aromatic N) is 3. The largest absolute Gasteiger partial charge is 0.461 e. The van der Waals surface area contributed by atoms with E-state index in [0.29, 0.717) is 69.4 Å². The maximum atomic E-state index is 5.69. The molecule has 0 amide bonds. The van der Waals surface area contributed by atoms with Crippen molar-refractivity contribution >= 4 is 11.9 Å². The van der Waals surface area contributed by atoms with E-state index in [9.17, 15) is 0 Å². The van der Waals surface area contributed by atoms with Gasteiger partial charge in [0.2, 0.25) is 11.9 Å². The predicted molar refractivity (Wildman–Crippen MR) is 110 cm³/mol. The average molecular weight is 397 g/mol. The summed E-state index contributed by atoms with van der Waals surface area (Å²) in [5.74, 6) is 1.65. The van der Waals surface area contributed by atoms with Gasteiger partial charge >= 0.3 is 6.01 Å². The van der Waals surface area contributed by atoms with Crippen molar-refractivity contribution in [1.82, 2.24) is 15.0 Å². The highest BCUT2D eigenvalue weighted by atomic mass is 16.5. The van der Waals surface area contributed by atoms with Crippen LogP contribution in [0.5, 0.6) is 6.01 Å². The van der Waals surface area contributed by atoms with Crippen molar-refractivity contribution in [2.45, 2.75) is 58.6 Å². The maximum absolute atomic E-state index is 5.69. The molecule has 2 atom stereocenters. The first-order chi connectivity index (χ1) is 13.6. The van der Waals surface area contributed by atoms with Crippen LogP contribution >= 0.6 is 0 Å². The number of ether oxygens (including phenoxy) is 3. The molecule has 0 aromatic carbocycles. The molecule has 0 radical (unpaired) electrons. The number of nitrogens with two attached hydrogens (primary N) is 1. The first-order valence-electron chi connectivity index (χ1n) is 10.4. The van der Waals surface area contributed by atoms with Crippen LogP contribution in [-0.2, 0) is 9.47 Å². The van der Waals surface area contributed by atoms with E-state index in [4.69, 9.17) is 19.9 Å². The molecule has 4 N–H and O–H groups in total. The van der Waals surface area contributed by atoms with Crippen LogP contribution in [0, 0.1) is 5.92 Å². The Hall–Kier alpha value is -1.71. The summed E-state index contributed by atoms with van der Waals surface area (Å²) < 4.78 is 16.5. The molecule has 1 saturated carbocycles.